The maximum absolute atomic E-state index is 14.7. The topological polar surface area (TPSA) is 141 Å². The average molecular weight is 876 g/mol. The van der Waals surface area contributed by atoms with Gasteiger partial charge in [0.25, 0.3) is 6.01 Å². The van der Waals surface area contributed by atoms with Crippen LogP contribution in [0.15, 0.2) is 43.5 Å². The lowest BCUT2D eigenvalue weighted by Gasteiger charge is -2.33. The molecule has 2 amide bonds. The smallest absolute Gasteiger partial charge is 0.297 e. The van der Waals surface area contributed by atoms with E-state index in [4.69, 9.17) is 14.7 Å². The molecule has 2 saturated carbocycles. The first kappa shape index (κ1) is 46.7. The molecule has 0 unspecified atom stereocenters. The number of ether oxygens (including phenoxy) is 1. The summed E-state index contributed by atoms with van der Waals surface area (Å²) in [6.45, 7) is 26.2. The Bertz CT molecular complexity index is 2250. The van der Waals surface area contributed by atoms with Crippen molar-refractivity contribution in [3.8, 4) is 16.6 Å². The number of unbranched alkanes of at least 4 members (excludes halogenated alkanes) is 2. The van der Waals surface area contributed by atoms with Crippen molar-refractivity contribution < 1.29 is 27.5 Å². The summed E-state index contributed by atoms with van der Waals surface area (Å²) >= 11 is 1.72. The van der Waals surface area contributed by atoms with Crippen molar-refractivity contribution >= 4 is 50.0 Å². The summed E-state index contributed by atoms with van der Waals surface area (Å²) in [7, 11) is -3.95. The number of nitrogens with zero attached hydrogens (tertiary/aromatic N) is 4. The predicted octanol–water partition coefficient (Wildman–Crippen LogP) is 10.1. The standard InChI is InChI=1S/C48H69N5O6S2/c1-12-15-17-22-39-40(30(4)5)49-42(60-39)35-20-19-21-36-41(35)50-45(53(36)31(6)7)59-34-26-37(52(29-34)43(55)32(8)46(9,10)11)38(54)28-48(27-33(48)14-3)44(56)51-61(57,58)47(24-25-47)23-18-16-13-2/h12-13,19-21,30-34,37H,1-2,14-18,22-29H2,3-11H3,(H,51,56)/t32-,33-,34-,37+,48-/m1/s1. The number of ketones is 1. The molecule has 5 atom stereocenters. The van der Waals surface area contributed by atoms with E-state index in [0.717, 1.165) is 46.6 Å². The highest BCUT2D eigenvalue weighted by atomic mass is 32.2. The van der Waals surface area contributed by atoms with Gasteiger partial charge in [-0.1, -0.05) is 73.1 Å². The molecule has 0 bridgehead atoms. The normalized spacial score (nSPS) is 22.7. The highest BCUT2D eigenvalue weighted by Crippen LogP contribution is 2.58. The van der Waals surface area contributed by atoms with Crippen LogP contribution >= 0.6 is 11.3 Å². The van der Waals surface area contributed by atoms with E-state index in [2.05, 4.69) is 56.2 Å². The second-order valence-corrected chi connectivity index (χ2v) is 22.8. The molecule has 1 N–H and O–H groups in total. The number of carbonyl (C=O) groups excluding carboxylic acids is 3. The molecule has 0 spiro atoms. The number of amides is 2. The number of aryl methyl sites for hydroxylation is 1. The Hall–Kier alpha value is -3.84. The van der Waals surface area contributed by atoms with Gasteiger partial charge >= 0.3 is 0 Å². The van der Waals surface area contributed by atoms with Gasteiger partial charge in [-0.05, 0) is 101 Å². The highest BCUT2D eigenvalue weighted by molar-refractivity contribution is 7.91. The zero-order valence-electron chi connectivity index (χ0n) is 38.0. The number of thiazole rings is 1. The number of imidazole rings is 1. The van der Waals surface area contributed by atoms with Crippen LogP contribution in [0.2, 0.25) is 0 Å². The van der Waals surface area contributed by atoms with Gasteiger partial charge in [0.2, 0.25) is 21.8 Å². The first-order valence-corrected chi connectivity index (χ1v) is 24.8. The van der Waals surface area contributed by atoms with E-state index in [-0.39, 0.29) is 54.4 Å². The Morgan fingerprint density at radius 3 is 2.33 bits per heavy atom. The van der Waals surface area contributed by atoms with Crippen LogP contribution in [0, 0.1) is 22.7 Å². The van der Waals surface area contributed by atoms with E-state index in [1.54, 1.807) is 22.3 Å². The number of benzene rings is 1. The molecule has 6 rings (SSSR count). The molecule has 1 aromatic carbocycles. The van der Waals surface area contributed by atoms with Crippen LogP contribution in [0.4, 0.5) is 0 Å². The number of hydrogen-bond donors (Lipinski definition) is 1. The van der Waals surface area contributed by atoms with Gasteiger partial charge in [-0.15, -0.1) is 24.5 Å². The molecule has 0 radical (unpaired) electrons. The van der Waals surface area contributed by atoms with Crippen LogP contribution in [-0.4, -0.2) is 68.9 Å². The van der Waals surface area contributed by atoms with Crippen molar-refractivity contribution in [3.05, 3.63) is 54.1 Å². The number of likely N-dealkylation sites (tertiary alicyclic amines) is 1. The number of rotatable bonds is 21. The average Bonchev–Trinajstić information content (AvgIpc) is 3.97. The summed E-state index contributed by atoms with van der Waals surface area (Å²) < 4.78 is 37.7. The van der Waals surface area contributed by atoms with Gasteiger partial charge in [0.15, 0.2) is 5.78 Å². The number of para-hydroxylation sites is 1. The SMILES string of the molecule is C=CCCCc1sc(-c2cccc3c2nc(O[C@@H]2C[C@@H](C(=O)C[C@]4(C(=O)NS(=O)(=O)C5(CCCC=C)CC5)C[C@H]4CC)N(C(=O)[C@@H](C)C(C)(C)C)C2)n3C(C)C)nc1C(C)C. The van der Waals surface area contributed by atoms with Crippen LogP contribution in [0.25, 0.3) is 21.6 Å². The zero-order valence-corrected chi connectivity index (χ0v) is 39.6. The maximum Gasteiger partial charge on any atom is 0.297 e. The Kier molecular flexibility index (Phi) is 13.8. The van der Waals surface area contributed by atoms with Gasteiger partial charge < -0.3 is 9.64 Å². The molecule has 3 aromatic rings. The van der Waals surface area contributed by atoms with Crippen LogP contribution < -0.4 is 9.46 Å². The Morgan fingerprint density at radius 1 is 1.05 bits per heavy atom. The van der Waals surface area contributed by atoms with E-state index in [9.17, 15) is 22.8 Å². The molecule has 11 nitrogen and oxygen atoms in total. The van der Waals surface area contributed by atoms with Crippen molar-refractivity contribution in [2.24, 2.45) is 22.7 Å². The van der Waals surface area contributed by atoms with Gasteiger partial charge in [-0.25, -0.2) is 13.4 Å². The minimum Gasteiger partial charge on any atom is -0.459 e. The van der Waals surface area contributed by atoms with Crippen molar-refractivity contribution in [2.45, 2.75) is 168 Å². The molecular formula is C48H69N5O6S2. The minimum atomic E-state index is -3.95. The minimum absolute atomic E-state index is 0.0167. The number of fused-ring (bicyclic) bond motifs is 1. The van der Waals surface area contributed by atoms with Gasteiger partial charge in [0.1, 0.15) is 16.6 Å². The third-order valence-corrected chi connectivity index (χ3v) is 17.1. The molecule has 61 heavy (non-hydrogen) atoms. The van der Waals surface area contributed by atoms with Crippen LogP contribution in [0.5, 0.6) is 6.01 Å². The first-order valence-electron chi connectivity index (χ1n) is 22.5. The zero-order chi connectivity index (χ0) is 44.7. The monoisotopic (exact) mass is 875 g/mol. The summed E-state index contributed by atoms with van der Waals surface area (Å²) in [6, 6.07) is 5.68. The van der Waals surface area contributed by atoms with Crippen molar-refractivity contribution in [2.75, 3.05) is 6.54 Å². The van der Waals surface area contributed by atoms with E-state index < -0.39 is 44.2 Å². The molecule has 334 valence electrons. The van der Waals surface area contributed by atoms with Gasteiger partial charge in [0, 0.05) is 35.2 Å². The fraction of sp³-hybridized carbons (Fsp3) is 0.646. The van der Waals surface area contributed by atoms with Crippen molar-refractivity contribution in [1.29, 1.82) is 0 Å². The van der Waals surface area contributed by atoms with Crippen LogP contribution in [0.3, 0.4) is 0 Å². The van der Waals surface area contributed by atoms with Crippen molar-refractivity contribution in [1.82, 2.24) is 24.2 Å². The number of aromatic nitrogens is 3. The van der Waals surface area contributed by atoms with Gasteiger partial charge in [-0.3, -0.25) is 23.7 Å². The van der Waals surface area contributed by atoms with E-state index in [1.807, 2.05) is 52.8 Å². The van der Waals surface area contributed by atoms with Crippen molar-refractivity contribution in [3.63, 3.8) is 0 Å². The third-order valence-electron chi connectivity index (χ3n) is 13.7. The number of allylic oxidation sites excluding steroid dienone is 2. The van der Waals surface area contributed by atoms with Gasteiger partial charge in [-0.2, -0.15) is 4.98 Å². The third kappa shape index (κ3) is 9.43. The molecule has 13 heteroatoms. The molecular weight excluding hydrogens is 807 g/mol. The van der Waals surface area contributed by atoms with E-state index in [0.29, 0.717) is 51.0 Å². The Balaban J connectivity index is 1.29. The lowest BCUT2D eigenvalue weighted by Crippen LogP contribution is -2.48. The predicted molar refractivity (Wildman–Crippen MR) is 245 cm³/mol. The van der Waals surface area contributed by atoms with Gasteiger partial charge in [0.05, 0.1) is 34.0 Å². The fourth-order valence-corrected chi connectivity index (χ4v) is 12.2. The summed E-state index contributed by atoms with van der Waals surface area (Å²) in [5, 5.41) is 0.915. The summed E-state index contributed by atoms with van der Waals surface area (Å²) in [5.41, 5.74) is 2.23. The molecule has 3 fully saturated rings. The number of hydrogen-bond acceptors (Lipinski definition) is 9. The fourth-order valence-electron chi connectivity index (χ4n) is 9.18. The molecule has 1 aliphatic heterocycles. The van der Waals surface area contributed by atoms with Crippen LogP contribution in [0.1, 0.15) is 155 Å². The molecule has 2 aliphatic carbocycles. The molecule has 2 aromatic heterocycles. The quantitative estimate of drug-likeness (QED) is 0.0824. The number of nitrogens with one attached hydrogen (secondary N) is 1. The molecule has 3 heterocycles. The van der Waals surface area contributed by atoms with E-state index in [1.165, 1.54) is 4.88 Å². The second-order valence-electron chi connectivity index (χ2n) is 19.7. The number of Topliss-reactive ketones (excluding diaryl/α,β-unsaturated/α-hetero) is 1. The lowest BCUT2D eigenvalue weighted by molar-refractivity contribution is -0.144. The summed E-state index contributed by atoms with van der Waals surface area (Å²) in [4.78, 5) is 56.3. The Labute approximate surface area is 368 Å². The van der Waals surface area contributed by atoms with Crippen LogP contribution in [-0.2, 0) is 30.8 Å². The summed E-state index contributed by atoms with van der Waals surface area (Å²) in [6.07, 6.45) is 10.1. The number of carbonyl (C=O) groups is 3. The highest BCUT2D eigenvalue weighted by Gasteiger charge is 2.63. The molecule has 3 aliphatic rings. The maximum atomic E-state index is 14.7. The first-order chi connectivity index (χ1) is 28.7. The second kappa shape index (κ2) is 18.1. The lowest BCUT2D eigenvalue weighted by atomic mass is 9.81. The largest absolute Gasteiger partial charge is 0.459 e. The molecule has 1 saturated heterocycles. The summed E-state index contributed by atoms with van der Waals surface area (Å²) in [5.74, 6) is -1.25. The Morgan fingerprint density at radius 2 is 1.74 bits per heavy atom. The number of sulfonamides is 1. The van der Waals surface area contributed by atoms with E-state index >= 15 is 0 Å².